The largest absolute Gasteiger partial charge is 0.496 e. The van der Waals surface area contributed by atoms with E-state index >= 15 is 0 Å². The van der Waals surface area contributed by atoms with Crippen LogP contribution in [0.2, 0.25) is 0 Å². The quantitative estimate of drug-likeness (QED) is 0.762. The molecule has 0 heterocycles. The fourth-order valence-corrected chi connectivity index (χ4v) is 1.52. The third-order valence-electron chi connectivity index (χ3n) is 2.25. The molecule has 0 amide bonds. The van der Waals surface area contributed by atoms with Crippen LogP contribution in [0.25, 0.3) is 0 Å². The van der Waals surface area contributed by atoms with Gasteiger partial charge in [-0.05, 0) is 12.1 Å². The highest BCUT2D eigenvalue weighted by Gasteiger charge is 2.10. The van der Waals surface area contributed by atoms with Crippen molar-refractivity contribution >= 4 is 0 Å². The standard InChI is InChI=1S/C12H15NO3/c1-14-8-10-7-11(15-2)9(4-5-13)6-12(10)16-3/h6-7H,4,8H2,1-3H3. The molecule has 0 aliphatic heterocycles. The molecule has 0 aromatic heterocycles. The molecule has 1 aromatic rings. The first-order valence-electron chi connectivity index (χ1n) is 4.86. The van der Waals surface area contributed by atoms with Crippen LogP contribution in [0.3, 0.4) is 0 Å². The zero-order valence-electron chi connectivity index (χ0n) is 9.74. The van der Waals surface area contributed by atoms with Gasteiger partial charge in [0, 0.05) is 18.2 Å². The van der Waals surface area contributed by atoms with E-state index in [0.29, 0.717) is 24.5 Å². The summed E-state index contributed by atoms with van der Waals surface area (Å²) in [6.07, 6.45) is 0.298. The lowest BCUT2D eigenvalue weighted by molar-refractivity contribution is 0.181. The number of ether oxygens (including phenoxy) is 3. The first-order valence-corrected chi connectivity index (χ1v) is 4.86. The van der Waals surface area contributed by atoms with Gasteiger partial charge in [0.25, 0.3) is 0 Å². The molecule has 4 heteroatoms. The Morgan fingerprint density at radius 2 is 1.62 bits per heavy atom. The third kappa shape index (κ3) is 2.65. The summed E-state index contributed by atoms with van der Waals surface area (Å²) in [6, 6.07) is 5.75. The molecule has 0 atom stereocenters. The van der Waals surface area contributed by atoms with Crippen LogP contribution in [0.5, 0.6) is 11.5 Å². The van der Waals surface area contributed by atoms with Crippen molar-refractivity contribution in [2.45, 2.75) is 13.0 Å². The molecule has 0 bridgehead atoms. The van der Waals surface area contributed by atoms with Crippen LogP contribution in [-0.4, -0.2) is 21.3 Å². The lowest BCUT2D eigenvalue weighted by atomic mass is 10.1. The molecule has 0 fully saturated rings. The minimum Gasteiger partial charge on any atom is -0.496 e. The van der Waals surface area contributed by atoms with E-state index in [4.69, 9.17) is 19.5 Å². The molecule has 0 N–H and O–H groups in total. The minimum atomic E-state index is 0.298. The zero-order chi connectivity index (χ0) is 12.0. The van der Waals surface area contributed by atoms with Gasteiger partial charge in [0.2, 0.25) is 0 Å². The molecule has 1 rings (SSSR count). The molecule has 16 heavy (non-hydrogen) atoms. The highest BCUT2D eigenvalue weighted by molar-refractivity contribution is 5.47. The summed E-state index contributed by atoms with van der Waals surface area (Å²) >= 11 is 0. The van der Waals surface area contributed by atoms with E-state index in [2.05, 4.69) is 6.07 Å². The van der Waals surface area contributed by atoms with E-state index in [0.717, 1.165) is 11.1 Å². The van der Waals surface area contributed by atoms with Gasteiger partial charge in [-0.2, -0.15) is 5.26 Å². The number of benzene rings is 1. The summed E-state index contributed by atoms with van der Waals surface area (Å²) < 4.78 is 15.5. The van der Waals surface area contributed by atoms with E-state index in [-0.39, 0.29) is 0 Å². The van der Waals surface area contributed by atoms with Crippen molar-refractivity contribution in [3.8, 4) is 17.6 Å². The molecule has 0 saturated heterocycles. The highest BCUT2D eigenvalue weighted by Crippen LogP contribution is 2.29. The Morgan fingerprint density at radius 1 is 1.06 bits per heavy atom. The van der Waals surface area contributed by atoms with Crippen LogP contribution in [0.15, 0.2) is 12.1 Å². The van der Waals surface area contributed by atoms with Crippen molar-refractivity contribution in [1.29, 1.82) is 5.26 Å². The number of hydrogen-bond acceptors (Lipinski definition) is 4. The minimum absolute atomic E-state index is 0.298. The van der Waals surface area contributed by atoms with Gasteiger partial charge in [-0.3, -0.25) is 0 Å². The van der Waals surface area contributed by atoms with E-state index in [1.165, 1.54) is 0 Å². The molecule has 4 nitrogen and oxygen atoms in total. The number of nitrogens with zero attached hydrogens (tertiary/aromatic N) is 1. The molecule has 0 spiro atoms. The molecule has 0 unspecified atom stereocenters. The van der Waals surface area contributed by atoms with Gasteiger partial charge in [-0.15, -0.1) is 0 Å². The first kappa shape index (κ1) is 12.3. The molecule has 0 saturated carbocycles. The van der Waals surface area contributed by atoms with Gasteiger partial charge in [0.1, 0.15) is 11.5 Å². The van der Waals surface area contributed by atoms with E-state index in [9.17, 15) is 0 Å². The summed E-state index contributed by atoms with van der Waals surface area (Å²) in [5, 5.41) is 8.70. The SMILES string of the molecule is COCc1cc(OC)c(CC#N)cc1OC. The van der Waals surface area contributed by atoms with Crippen molar-refractivity contribution in [2.24, 2.45) is 0 Å². The summed E-state index contributed by atoms with van der Waals surface area (Å²) in [5.41, 5.74) is 1.73. The topological polar surface area (TPSA) is 51.5 Å². The maximum Gasteiger partial charge on any atom is 0.124 e. The summed E-state index contributed by atoms with van der Waals surface area (Å²) in [6.45, 7) is 0.451. The van der Waals surface area contributed by atoms with Crippen LogP contribution in [0.4, 0.5) is 0 Å². The molecule has 86 valence electrons. The Balaban J connectivity index is 3.18. The first-order chi connectivity index (χ1) is 7.76. The summed E-state index contributed by atoms with van der Waals surface area (Å²) in [5.74, 6) is 1.40. The van der Waals surface area contributed by atoms with Gasteiger partial charge in [0.15, 0.2) is 0 Å². The van der Waals surface area contributed by atoms with E-state index in [1.807, 2.05) is 12.1 Å². The maximum atomic E-state index is 8.70. The van der Waals surface area contributed by atoms with Gasteiger partial charge in [-0.25, -0.2) is 0 Å². The monoisotopic (exact) mass is 221 g/mol. The Labute approximate surface area is 95.4 Å². The molecule has 1 aromatic carbocycles. The number of nitriles is 1. The van der Waals surface area contributed by atoms with Crippen molar-refractivity contribution in [3.63, 3.8) is 0 Å². The molecular formula is C12H15NO3. The second-order valence-electron chi connectivity index (χ2n) is 3.24. The van der Waals surface area contributed by atoms with Crippen LogP contribution in [-0.2, 0) is 17.8 Å². The van der Waals surface area contributed by atoms with Crippen molar-refractivity contribution in [1.82, 2.24) is 0 Å². The van der Waals surface area contributed by atoms with Gasteiger partial charge in [0.05, 0.1) is 33.3 Å². The summed E-state index contributed by atoms with van der Waals surface area (Å²) in [7, 11) is 4.80. The van der Waals surface area contributed by atoms with Gasteiger partial charge < -0.3 is 14.2 Å². The van der Waals surface area contributed by atoms with Crippen molar-refractivity contribution in [3.05, 3.63) is 23.3 Å². The van der Waals surface area contributed by atoms with Crippen LogP contribution < -0.4 is 9.47 Å². The van der Waals surface area contributed by atoms with E-state index in [1.54, 1.807) is 21.3 Å². The number of rotatable bonds is 5. The second-order valence-corrected chi connectivity index (χ2v) is 3.24. The maximum absolute atomic E-state index is 8.70. The van der Waals surface area contributed by atoms with Gasteiger partial charge >= 0.3 is 0 Å². The normalized spacial score (nSPS) is 9.62. The molecule has 0 radical (unpaired) electrons. The smallest absolute Gasteiger partial charge is 0.124 e. The number of methoxy groups -OCH3 is 3. The predicted molar refractivity (Wildman–Crippen MR) is 59.6 cm³/mol. The molecule has 0 aliphatic carbocycles. The fraction of sp³-hybridized carbons (Fsp3) is 0.417. The lowest BCUT2D eigenvalue weighted by Crippen LogP contribution is -1.99. The average molecular weight is 221 g/mol. The van der Waals surface area contributed by atoms with Crippen LogP contribution in [0, 0.1) is 11.3 Å². The predicted octanol–water partition coefficient (Wildman–Crippen LogP) is 1.92. The summed E-state index contributed by atoms with van der Waals surface area (Å²) in [4.78, 5) is 0. The van der Waals surface area contributed by atoms with E-state index < -0.39 is 0 Å². The zero-order valence-corrected chi connectivity index (χ0v) is 9.74. The Hall–Kier alpha value is -1.73. The Bertz CT molecular complexity index is 395. The van der Waals surface area contributed by atoms with Crippen molar-refractivity contribution < 1.29 is 14.2 Å². The van der Waals surface area contributed by atoms with Gasteiger partial charge in [-0.1, -0.05) is 0 Å². The van der Waals surface area contributed by atoms with Crippen molar-refractivity contribution in [2.75, 3.05) is 21.3 Å². The Morgan fingerprint density at radius 3 is 2.12 bits per heavy atom. The molecular weight excluding hydrogens is 206 g/mol. The Kier molecular flexibility index (Phi) is 4.62. The highest BCUT2D eigenvalue weighted by atomic mass is 16.5. The van der Waals surface area contributed by atoms with Crippen LogP contribution >= 0.6 is 0 Å². The fourth-order valence-electron chi connectivity index (χ4n) is 1.52. The average Bonchev–Trinajstić information content (AvgIpc) is 2.31. The molecule has 0 aliphatic rings. The van der Waals surface area contributed by atoms with Crippen LogP contribution in [0.1, 0.15) is 11.1 Å². The number of hydrogen-bond donors (Lipinski definition) is 0. The lowest BCUT2D eigenvalue weighted by Gasteiger charge is -2.13. The second kappa shape index (κ2) is 5.99. The third-order valence-corrected chi connectivity index (χ3v) is 2.25.